The van der Waals surface area contributed by atoms with Crippen LogP contribution in [0.2, 0.25) is 0 Å². The minimum absolute atomic E-state index is 0.0391. The number of rotatable bonds is 6. The molecule has 0 bridgehead atoms. The molecule has 2 heterocycles. The van der Waals surface area contributed by atoms with Crippen molar-refractivity contribution in [1.82, 2.24) is 4.90 Å². The van der Waals surface area contributed by atoms with Gasteiger partial charge >= 0.3 is 0 Å². The highest BCUT2D eigenvalue weighted by Crippen LogP contribution is 2.31. The van der Waals surface area contributed by atoms with Crippen LogP contribution >= 0.6 is 0 Å². The SMILES string of the molecule is CCN1CCN(c2ccccc2NC(=O)c2oc3ccccc3c2CS(C)(=O)=O)CC1. The average molecular weight is 442 g/mol. The molecule has 3 aromatic rings. The molecule has 1 saturated heterocycles. The van der Waals surface area contributed by atoms with E-state index in [4.69, 9.17) is 4.42 Å². The van der Waals surface area contributed by atoms with Crippen molar-refractivity contribution in [2.45, 2.75) is 12.7 Å². The van der Waals surface area contributed by atoms with Gasteiger partial charge < -0.3 is 19.5 Å². The zero-order chi connectivity index (χ0) is 22.0. The summed E-state index contributed by atoms with van der Waals surface area (Å²) < 4.78 is 29.8. The zero-order valence-corrected chi connectivity index (χ0v) is 18.6. The molecule has 0 spiro atoms. The highest BCUT2D eigenvalue weighted by Gasteiger charge is 2.25. The fourth-order valence-corrected chi connectivity index (χ4v) is 4.84. The maximum Gasteiger partial charge on any atom is 0.291 e. The van der Waals surface area contributed by atoms with Gasteiger partial charge in [0.1, 0.15) is 5.58 Å². The van der Waals surface area contributed by atoms with Crippen molar-refractivity contribution in [2.75, 3.05) is 49.2 Å². The highest BCUT2D eigenvalue weighted by atomic mass is 32.2. The molecule has 0 unspecified atom stereocenters. The number of carbonyl (C=O) groups is 1. The largest absolute Gasteiger partial charge is 0.451 e. The third-order valence-electron chi connectivity index (χ3n) is 5.62. The summed E-state index contributed by atoms with van der Waals surface area (Å²) in [5.41, 5.74) is 2.52. The van der Waals surface area contributed by atoms with Crippen LogP contribution in [0, 0.1) is 0 Å². The van der Waals surface area contributed by atoms with Gasteiger partial charge in [-0.25, -0.2) is 8.42 Å². The van der Waals surface area contributed by atoms with Gasteiger partial charge in [0.05, 0.1) is 17.1 Å². The predicted molar refractivity (Wildman–Crippen MR) is 123 cm³/mol. The number of anilines is 2. The number of furan rings is 1. The number of fused-ring (bicyclic) bond motifs is 1. The highest BCUT2D eigenvalue weighted by molar-refractivity contribution is 7.89. The van der Waals surface area contributed by atoms with Crippen molar-refractivity contribution in [3.63, 3.8) is 0 Å². The van der Waals surface area contributed by atoms with Crippen molar-refractivity contribution in [2.24, 2.45) is 0 Å². The molecular weight excluding hydrogens is 414 g/mol. The lowest BCUT2D eigenvalue weighted by Crippen LogP contribution is -2.46. The molecule has 164 valence electrons. The van der Waals surface area contributed by atoms with Crippen LogP contribution in [0.15, 0.2) is 52.9 Å². The van der Waals surface area contributed by atoms with Crippen LogP contribution in [0.4, 0.5) is 11.4 Å². The monoisotopic (exact) mass is 441 g/mol. The molecule has 0 aliphatic carbocycles. The van der Waals surface area contributed by atoms with Crippen molar-refractivity contribution < 1.29 is 17.6 Å². The second-order valence-electron chi connectivity index (χ2n) is 7.87. The number of nitrogens with zero attached hydrogens (tertiary/aromatic N) is 2. The second-order valence-corrected chi connectivity index (χ2v) is 10.0. The van der Waals surface area contributed by atoms with Gasteiger partial charge in [-0.15, -0.1) is 0 Å². The fourth-order valence-electron chi connectivity index (χ4n) is 4.03. The third kappa shape index (κ3) is 4.75. The molecule has 1 amide bonds. The van der Waals surface area contributed by atoms with Gasteiger partial charge in [0.15, 0.2) is 15.6 Å². The summed E-state index contributed by atoms with van der Waals surface area (Å²) in [6, 6.07) is 14.8. The van der Waals surface area contributed by atoms with Gasteiger partial charge in [0.2, 0.25) is 0 Å². The normalized spacial score (nSPS) is 15.4. The number of piperazine rings is 1. The van der Waals surface area contributed by atoms with Crippen molar-refractivity contribution >= 4 is 38.1 Å². The molecule has 1 aromatic heterocycles. The van der Waals surface area contributed by atoms with Crippen LogP contribution in [-0.4, -0.2) is 58.2 Å². The molecule has 1 N–H and O–H groups in total. The minimum Gasteiger partial charge on any atom is -0.451 e. The summed E-state index contributed by atoms with van der Waals surface area (Å²) in [6.45, 7) is 6.89. The Kier molecular flexibility index (Phi) is 6.02. The van der Waals surface area contributed by atoms with Gasteiger partial charge in [-0.05, 0) is 24.7 Å². The number of hydrogen-bond acceptors (Lipinski definition) is 6. The molecule has 31 heavy (non-hydrogen) atoms. The Morgan fingerprint density at radius 2 is 1.71 bits per heavy atom. The molecule has 8 heteroatoms. The van der Waals surface area contributed by atoms with Gasteiger partial charge in [-0.1, -0.05) is 37.3 Å². The van der Waals surface area contributed by atoms with Crippen LogP contribution in [-0.2, 0) is 15.6 Å². The first-order chi connectivity index (χ1) is 14.9. The van der Waals surface area contributed by atoms with E-state index < -0.39 is 15.7 Å². The van der Waals surface area contributed by atoms with Crippen LogP contribution in [0.25, 0.3) is 11.0 Å². The Morgan fingerprint density at radius 1 is 1.03 bits per heavy atom. The number of likely N-dealkylation sites (N-methyl/N-ethyl adjacent to an activating group) is 1. The summed E-state index contributed by atoms with van der Waals surface area (Å²) in [5.74, 6) is -0.667. The first kappa shape index (κ1) is 21.4. The molecule has 1 fully saturated rings. The number of carbonyl (C=O) groups excluding carboxylic acids is 1. The van der Waals surface area contributed by atoms with E-state index in [1.807, 2.05) is 24.3 Å². The molecule has 0 saturated carbocycles. The Hall–Kier alpha value is -2.84. The van der Waals surface area contributed by atoms with E-state index in [1.54, 1.807) is 24.3 Å². The van der Waals surface area contributed by atoms with Crippen LogP contribution in [0.3, 0.4) is 0 Å². The third-order valence-corrected chi connectivity index (χ3v) is 6.44. The molecule has 0 radical (unpaired) electrons. The van der Waals surface area contributed by atoms with Gasteiger partial charge in [-0.3, -0.25) is 4.79 Å². The Bertz CT molecular complexity index is 1190. The number of para-hydroxylation sites is 3. The van der Waals surface area contributed by atoms with E-state index in [1.165, 1.54) is 0 Å². The van der Waals surface area contributed by atoms with Gasteiger partial charge in [0.25, 0.3) is 5.91 Å². The molecular formula is C23H27N3O4S. The number of amides is 1. The second kappa shape index (κ2) is 8.72. The Morgan fingerprint density at radius 3 is 2.42 bits per heavy atom. The molecule has 1 aliphatic heterocycles. The predicted octanol–water partition coefficient (Wildman–Crippen LogP) is 3.37. The van der Waals surface area contributed by atoms with E-state index >= 15 is 0 Å². The Labute approximate surface area is 182 Å². The maximum atomic E-state index is 13.2. The quantitative estimate of drug-likeness (QED) is 0.632. The number of sulfone groups is 1. The van der Waals surface area contributed by atoms with E-state index in [2.05, 4.69) is 22.0 Å². The molecule has 7 nitrogen and oxygen atoms in total. The van der Waals surface area contributed by atoms with Crippen molar-refractivity contribution in [1.29, 1.82) is 0 Å². The summed E-state index contributed by atoms with van der Waals surface area (Å²) >= 11 is 0. The van der Waals surface area contributed by atoms with Gasteiger partial charge in [-0.2, -0.15) is 0 Å². The van der Waals surface area contributed by atoms with Gasteiger partial charge in [0, 0.05) is 43.4 Å². The molecule has 4 rings (SSSR count). The van der Waals surface area contributed by atoms with E-state index in [0.29, 0.717) is 22.2 Å². The van der Waals surface area contributed by atoms with Crippen LogP contribution < -0.4 is 10.2 Å². The van der Waals surface area contributed by atoms with E-state index in [-0.39, 0.29) is 11.5 Å². The summed E-state index contributed by atoms with van der Waals surface area (Å²) in [5, 5.41) is 3.59. The number of hydrogen-bond donors (Lipinski definition) is 1. The van der Waals surface area contributed by atoms with Crippen LogP contribution in [0.1, 0.15) is 23.0 Å². The van der Waals surface area contributed by atoms with E-state index in [0.717, 1.165) is 44.7 Å². The lowest BCUT2D eigenvalue weighted by atomic mass is 10.1. The Balaban J connectivity index is 1.64. The molecule has 1 aliphatic rings. The van der Waals surface area contributed by atoms with Crippen LogP contribution in [0.5, 0.6) is 0 Å². The number of benzene rings is 2. The smallest absolute Gasteiger partial charge is 0.291 e. The van der Waals surface area contributed by atoms with Crippen molar-refractivity contribution in [3.05, 3.63) is 59.9 Å². The summed E-state index contributed by atoms with van der Waals surface area (Å²) in [7, 11) is -3.35. The summed E-state index contributed by atoms with van der Waals surface area (Å²) in [6.07, 6.45) is 1.15. The average Bonchev–Trinajstić information content (AvgIpc) is 3.11. The minimum atomic E-state index is -3.35. The standard InChI is InChI=1S/C23H27N3O4S/c1-3-25-12-14-26(15-13-25)20-10-6-5-9-19(20)24-23(27)22-18(16-31(2,28)29)17-8-4-7-11-21(17)30-22/h4-11H,3,12-16H2,1-2H3,(H,24,27). The fraction of sp³-hybridized carbons (Fsp3) is 0.348. The topological polar surface area (TPSA) is 82.9 Å². The zero-order valence-electron chi connectivity index (χ0n) is 17.8. The number of nitrogens with one attached hydrogen (secondary N) is 1. The first-order valence-electron chi connectivity index (χ1n) is 10.4. The van der Waals surface area contributed by atoms with Crippen molar-refractivity contribution in [3.8, 4) is 0 Å². The lowest BCUT2D eigenvalue weighted by Gasteiger charge is -2.36. The summed E-state index contributed by atoms with van der Waals surface area (Å²) in [4.78, 5) is 17.9. The molecule has 2 aromatic carbocycles. The molecule has 0 atom stereocenters. The first-order valence-corrected chi connectivity index (χ1v) is 12.5. The lowest BCUT2D eigenvalue weighted by molar-refractivity contribution is 0.0998. The maximum absolute atomic E-state index is 13.2. The van der Waals surface area contributed by atoms with E-state index in [9.17, 15) is 13.2 Å².